The minimum atomic E-state index is -0.0558. The van der Waals surface area contributed by atoms with E-state index in [1.165, 1.54) is 5.39 Å². The molecule has 0 fully saturated rings. The van der Waals surface area contributed by atoms with Gasteiger partial charge in [-0.2, -0.15) is 0 Å². The standard InChI is InChI=1S/C21H22N4O2/c1-24-13-16(17-5-3-4-6-18(17)24)14-25(2)20(26)8-7-15-11-19-21(23-12-15)22-9-10-27-19/h3-8,11-13H,9-10,14H2,1-2H3,(H,22,23)/b8-7+. The molecular weight excluding hydrogens is 340 g/mol. The lowest BCUT2D eigenvalue weighted by atomic mass is 10.1. The number of nitrogens with zero attached hydrogens (tertiary/aromatic N) is 3. The maximum absolute atomic E-state index is 12.5. The molecule has 6 nitrogen and oxygen atoms in total. The summed E-state index contributed by atoms with van der Waals surface area (Å²) >= 11 is 0. The Morgan fingerprint density at radius 2 is 2.26 bits per heavy atom. The lowest BCUT2D eigenvalue weighted by molar-refractivity contribution is -0.125. The van der Waals surface area contributed by atoms with Crippen LogP contribution in [0.1, 0.15) is 11.1 Å². The van der Waals surface area contributed by atoms with Gasteiger partial charge in [-0.1, -0.05) is 18.2 Å². The summed E-state index contributed by atoms with van der Waals surface area (Å²) in [5.41, 5.74) is 3.13. The Kier molecular flexibility index (Phi) is 4.54. The molecule has 1 aromatic carbocycles. The predicted octanol–water partition coefficient (Wildman–Crippen LogP) is 3.05. The van der Waals surface area contributed by atoms with Crippen molar-refractivity contribution >= 4 is 28.7 Å². The summed E-state index contributed by atoms with van der Waals surface area (Å²) < 4.78 is 7.67. The fraction of sp³-hybridized carbons (Fsp3) is 0.238. The van der Waals surface area contributed by atoms with E-state index >= 15 is 0 Å². The van der Waals surface area contributed by atoms with Crippen molar-refractivity contribution in [3.63, 3.8) is 0 Å². The van der Waals surface area contributed by atoms with Crippen LogP contribution in [0.2, 0.25) is 0 Å². The zero-order valence-electron chi connectivity index (χ0n) is 15.5. The van der Waals surface area contributed by atoms with Gasteiger partial charge in [0.25, 0.3) is 0 Å². The van der Waals surface area contributed by atoms with E-state index in [1.807, 2.05) is 32.3 Å². The van der Waals surface area contributed by atoms with Crippen LogP contribution in [0.3, 0.4) is 0 Å². The third kappa shape index (κ3) is 3.51. The number of hydrogen-bond donors (Lipinski definition) is 1. The summed E-state index contributed by atoms with van der Waals surface area (Å²) in [4.78, 5) is 18.6. The van der Waals surface area contributed by atoms with Crippen molar-refractivity contribution < 1.29 is 9.53 Å². The molecule has 3 heterocycles. The molecule has 1 aliphatic heterocycles. The Bertz CT molecular complexity index is 1020. The number of aromatic nitrogens is 2. The van der Waals surface area contributed by atoms with E-state index in [4.69, 9.17) is 4.74 Å². The Hall–Kier alpha value is -3.28. The summed E-state index contributed by atoms with van der Waals surface area (Å²) in [7, 11) is 3.83. The Morgan fingerprint density at radius 3 is 3.15 bits per heavy atom. The molecule has 1 N–H and O–H groups in total. The molecule has 0 unspecified atom stereocenters. The summed E-state index contributed by atoms with van der Waals surface area (Å²) in [6.45, 7) is 1.93. The van der Waals surface area contributed by atoms with E-state index in [-0.39, 0.29) is 5.91 Å². The van der Waals surface area contributed by atoms with Crippen LogP contribution in [0, 0.1) is 0 Å². The van der Waals surface area contributed by atoms with E-state index in [9.17, 15) is 4.79 Å². The highest BCUT2D eigenvalue weighted by Crippen LogP contribution is 2.26. The first-order valence-electron chi connectivity index (χ1n) is 8.94. The van der Waals surface area contributed by atoms with Gasteiger partial charge in [-0.3, -0.25) is 4.79 Å². The quantitative estimate of drug-likeness (QED) is 0.725. The van der Waals surface area contributed by atoms with E-state index < -0.39 is 0 Å². The van der Waals surface area contributed by atoms with Crippen LogP contribution in [0.4, 0.5) is 5.82 Å². The minimum absolute atomic E-state index is 0.0558. The van der Waals surface area contributed by atoms with E-state index in [1.54, 1.807) is 23.2 Å². The fourth-order valence-corrected chi connectivity index (χ4v) is 3.30. The topological polar surface area (TPSA) is 59.4 Å². The second-order valence-corrected chi connectivity index (χ2v) is 6.70. The highest BCUT2D eigenvalue weighted by atomic mass is 16.5. The summed E-state index contributed by atoms with van der Waals surface area (Å²) in [6, 6.07) is 10.1. The molecule has 1 aliphatic rings. The van der Waals surface area contributed by atoms with Crippen LogP contribution in [0.25, 0.3) is 17.0 Å². The number of fused-ring (bicyclic) bond motifs is 2. The Labute approximate surface area is 158 Å². The monoisotopic (exact) mass is 362 g/mol. The molecule has 2 aromatic heterocycles. The number of anilines is 1. The zero-order valence-corrected chi connectivity index (χ0v) is 15.5. The summed E-state index contributed by atoms with van der Waals surface area (Å²) in [5.74, 6) is 1.41. The Balaban J connectivity index is 1.47. The number of para-hydroxylation sites is 1. The Morgan fingerprint density at radius 1 is 1.41 bits per heavy atom. The van der Waals surface area contributed by atoms with Crippen LogP contribution >= 0.6 is 0 Å². The SMILES string of the molecule is CN(Cc1cn(C)c2ccccc12)C(=O)/C=C/c1cnc2c(c1)OCCN2. The molecule has 0 saturated heterocycles. The molecule has 0 saturated carbocycles. The fourth-order valence-electron chi connectivity index (χ4n) is 3.30. The predicted molar refractivity (Wildman–Crippen MR) is 107 cm³/mol. The largest absolute Gasteiger partial charge is 0.488 e. The maximum Gasteiger partial charge on any atom is 0.246 e. The third-order valence-electron chi connectivity index (χ3n) is 4.71. The van der Waals surface area contributed by atoms with Crippen molar-refractivity contribution in [2.75, 3.05) is 25.5 Å². The van der Waals surface area contributed by atoms with Gasteiger partial charge in [0.05, 0.1) is 6.54 Å². The molecule has 4 rings (SSSR count). The number of hydrogen-bond acceptors (Lipinski definition) is 4. The summed E-state index contributed by atoms with van der Waals surface area (Å²) in [6.07, 6.45) is 7.16. The molecule has 0 radical (unpaired) electrons. The number of amides is 1. The van der Waals surface area contributed by atoms with Crippen LogP contribution < -0.4 is 10.1 Å². The second-order valence-electron chi connectivity index (χ2n) is 6.70. The van der Waals surface area contributed by atoms with Gasteiger partial charge in [-0.15, -0.1) is 0 Å². The average Bonchev–Trinajstić information content (AvgIpc) is 3.01. The first-order chi connectivity index (χ1) is 13.1. The maximum atomic E-state index is 12.5. The minimum Gasteiger partial charge on any atom is -0.488 e. The van der Waals surface area contributed by atoms with Crippen LogP contribution in [-0.2, 0) is 18.4 Å². The molecular formula is C21H22N4O2. The normalized spacial score (nSPS) is 13.3. The van der Waals surface area contributed by atoms with Crippen molar-refractivity contribution in [3.8, 4) is 5.75 Å². The zero-order chi connectivity index (χ0) is 18.8. The first kappa shape index (κ1) is 17.1. The molecule has 138 valence electrons. The number of carbonyl (C=O) groups excluding carboxylic acids is 1. The van der Waals surface area contributed by atoms with Crippen LogP contribution in [0.15, 0.2) is 48.8 Å². The van der Waals surface area contributed by atoms with Crippen molar-refractivity contribution in [2.45, 2.75) is 6.54 Å². The third-order valence-corrected chi connectivity index (χ3v) is 4.71. The van der Waals surface area contributed by atoms with Crippen molar-refractivity contribution in [3.05, 3.63) is 59.9 Å². The first-order valence-corrected chi connectivity index (χ1v) is 8.94. The van der Waals surface area contributed by atoms with Gasteiger partial charge in [-0.05, 0) is 29.3 Å². The highest BCUT2D eigenvalue weighted by Gasteiger charge is 2.12. The van der Waals surface area contributed by atoms with Gasteiger partial charge < -0.3 is 19.5 Å². The average molecular weight is 362 g/mol. The molecule has 1 amide bonds. The number of ether oxygens (including phenoxy) is 1. The number of nitrogens with one attached hydrogen (secondary N) is 1. The van der Waals surface area contributed by atoms with Gasteiger partial charge in [-0.25, -0.2) is 4.98 Å². The van der Waals surface area contributed by atoms with Gasteiger partial charge >= 0.3 is 0 Å². The van der Waals surface area contributed by atoms with Crippen molar-refractivity contribution in [1.82, 2.24) is 14.5 Å². The number of rotatable bonds is 4. The molecule has 0 atom stereocenters. The van der Waals surface area contributed by atoms with Gasteiger partial charge in [0.15, 0.2) is 11.6 Å². The molecule has 0 bridgehead atoms. The number of aryl methyl sites for hydroxylation is 1. The number of benzene rings is 1. The second kappa shape index (κ2) is 7.15. The lowest BCUT2D eigenvalue weighted by Crippen LogP contribution is -2.24. The highest BCUT2D eigenvalue weighted by molar-refractivity contribution is 5.92. The molecule has 3 aromatic rings. The number of likely N-dealkylation sites (N-methyl/N-ethyl adjacent to an activating group) is 1. The molecule has 0 aliphatic carbocycles. The molecule has 0 spiro atoms. The molecule has 6 heteroatoms. The smallest absolute Gasteiger partial charge is 0.246 e. The van der Waals surface area contributed by atoms with Crippen LogP contribution in [-0.4, -0.2) is 40.6 Å². The van der Waals surface area contributed by atoms with Gasteiger partial charge in [0, 0.05) is 50.0 Å². The number of carbonyl (C=O) groups is 1. The van der Waals surface area contributed by atoms with E-state index in [0.717, 1.165) is 34.8 Å². The van der Waals surface area contributed by atoms with Crippen molar-refractivity contribution in [1.29, 1.82) is 0 Å². The van der Waals surface area contributed by atoms with Crippen LogP contribution in [0.5, 0.6) is 5.75 Å². The van der Waals surface area contributed by atoms with Gasteiger partial charge in [0.2, 0.25) is 5.91 Å². The summed E-state index contributed by atoms with van der Waals surface area (Å²) in [5, 5.41) is 4.35. The lowest BCUT2D eigenvalue weighted by Gasteiger charge is -2.18. The van der Waals surface area contributed by atoms with Gasteiger partial charge in [0.1, 0.15) is 6.61 Å². The molecule has 27 heavy (non-hydrogen) atoms. The number of pyridine rings is 1. The van der Waals surface area contributed by atoms with Crippen molar-refractivity contribution in [2.24, 2.45) is 7.05 Å². The van der Waals surface area contributed by atoms with E-state index in [2.05, 4.69) is 33.2 Å². The van der Waals surface area contributed by atoms with E-state index in [0.29, 0.717) is 13.2 Å².